The van der Waals surface area contributed by atoms with Gasteiger partial charge in [-0.2, -0.15) is 0 Å². The van der Waals surface area contributed by atoms with E-state index in [1.807, 2.05) is 18.2 Å². The lowest BCUT2D eigenvalue weighted by Gasteiger charge is -2.17. The summed E-state index contributed by atoms with van der Waals surface area (Å²) < 4.78 is 1.21. The molecule has 282 valence electrons. The molecule has 0 aliphatic heterocycles. The number of thiophene rings is 1. The second-order valence-electron chi connectivity index (χ2n) is 15.9. The number of hydrogen-bond acceptors (Lipinski definition) is 4. The smallest absolute Gasteiger partial charge is 0.174 e. The summed E-state index contributed by atoms with van der Waals surface area (Å²) in [5, 5.41) is 16.5. The average molecular weight is 792 g/mol. The van der Waals surface area contributed by atoms with Crippen LogP contribution < -0.4 is 0 Å². The molecule has 0 aliphatic rings. The predicted molar refractivity (Wildman–Crippen MR) is 259 cm³/mol. The van der Waals surface area contributed by atoms with Gasteiger partial charge in [-0.05, 0) is 123 Å². The van der Waals surface area contributed by atoms with E-state index in [4.69, 9.17) is 15.0 Å². The third-order valence-corrected chi connectivity index (χ3v) is 13.5. The molecular formula is C57H33N3S. The minimum atomic E-state index is 0.648. The maximum absolute atomic E-state index is 5.20. The quantitative estimate of drug-likeness (QED) is 0.163. The second-order valence-corrected chi connectivity index (χ2v) is 17.0. The molecule has 0 amide bonds. The Hall–Kier alpha value is -7.79. The van der Waals surface area contributed by atoms with Crippen molar-refractivity contribution in [3.63, 3.8) is 0 Å². The first-order chi connectivity index (χ1) is 30.2. The third-order valence-electron chi connectivity index (χ3n) is 12.4. The van der Waals surface area contributed by atoms with Gasteiger partial charge in [-0.15, -0.1) is 11.3 Å². The third kappa shape index (κ3) is 5.39. The molecule has 0 fully saturated rings. The maximum Gasteiger partial charge on any atom is 0.174 e. The van der Waals surface area contributed by atoms with Crippen LogP contribution in [0.5, 0.6) is 0 Å². The molecule has 13 aromatic rings. The first-order valence-corrected chi connectivity index (χ1v) is 21.5. The standard InChI is InChI=1S/C57H33N3S/c1-2-12-37(13-3-1)55-58-56(60-57(59-55)50-33-40-14-4-7-25-49(40)61-50)47-21-6-5-20-43(47)39-19-8-18-38(30-39)42-31-41-29-28-36-16-10-23-45-44-22-9-15-34-26-27-35-17-11-24-46(53(35)51(34)44)48(32-42)54(41)52(36)45/h1-33H. The van der Waals surface area contributed by atoms with Crippen molar-refractivity contribution >= 4 is 86.1 Å². The zero-order chi connectivity index (χ0) is 40.0. The van der Waals surface area contributed by atoms with Gasteiger partial charge in [0.1, 0.15) is 0 Å². The molecule has 0 saturated heterocycles. The summed E-state index contributed by atoms with van der Waals surface area (Å²) in [6.45, 7) is 0. The number of nitrogens with zero attached hydrogens (tertiary/aromatic N) is 3. The fourth-order valence-corrected chi connectivity index (χ4v) is 10.7. The molecule has 61 heavy (non-hydrogen) atoms. The highest BCUT2D eigenvalue weighted by Crippen LogP contribution is 2.45. The predicted octanol–water partition coefficient (Wildman–Crippen LogP) is 15.8. The Morgan fingerprint density at radius 1 is 0.279 bits per heavy atom. The first-order valence-electron chi connectivity index (χ1n) is 20.7. The monoisotopic (exact) mass is 791 g/mol. The number of hydrogen-bond donors (Lipinski definition) is 0. The Morgan fingerprint density at radius 3 is 1.52 bits per heavy atom. The Kier molecular flexibility index (Phi) is 7.47. The van der Waals surface area contributed by atoms with Crippen LogP contribution in [0.2, 0.25) is 0 Å². The summed E-state index contributed by atoms with van der Waals surface area (Å²) in [6, 6.07) is 72.6. The van der Waals surface area contributed by atoms with Crippen molar-refractivity contribution in [2.45, 2.75) is 0 Å². The van der Waals surface area contributed by atoms with E-state index in [-0.39, 0.29) is 0 Å². The first kappa shape index (κ1) is 34.1. The van der Waals surface area contributed by atoms with Gasteiger partial charge in [0, 0.05) is 15.8 Å². The SMILES string of the molecule is c1ccc(-c2nc(-c3cc4ccccc4s3)nc(-c3ccccc3-c3cccc(-c4cc5ccc6cccc7c8cccc9ccc%10cccc(c(c4)c5c67)c%10c98)c3)n2)cc1. The van der Waals surface area contributed by atoms with Crippen molar-refractivity contribution in [1.29, 1.82) is 0 Å². The van der Waals surface area contributed by atoms with E-state index >= 15 is 0 Å². The van der Waals surface area contributed by atoms with Crippen LogP contribution in [0.4, 0.5) is 0 Å². The van der Waals surface area contributed by atoms with Gasteiger partial charge < -0.3 is 0 Å². The summed E-state index contributed by atoms with van der Waals surface area (Å²) in [7, 11) is 0. The van der Waals surface area contributed by atoms with Crippen molar-refractivity contribution in [2.75, 3.05) is 0 Å². The van der Waals surface area contributed by atoms with Crippen molar-refractivity contribution in [1.82, 2.24) is 15.0 Å². The van der Waals surface area contributed by atoms with Gasteiger partial charge in [0.05, 0.1) is 4.88 Å². The minimum absolute atomic E-state index is 0.648. The van der Waals surface area contributed by atoms with E-state index in [9.17, 15) is 0 Å². The molecule has 2 heterocycles. The molecule has 0 spiro atoms. The van der Waals surface area contributed by atoms with Crippen LogP contribution in [-0.4, -0.2) is 15.0 Å². The van der Waals surface area contributed by atoms with Gasteiger partial charge in [-0.1, -0.05) is 170 Å². The Labute approximate surface area is 355 Å². The number of benzene rings is 10. The zero-order valence-corrected chi connectivity index (χ0v) is 33.6. The highest BCUT2D eigenvalue weighted by Gasteiger charge is 2.19. The summed E-state index contributed by atoms with van der Waals surface area (Å²) in [5.41, 5.74) is 6.41. The van der Waals surface area contributed by atoms with Crippen LogP contribution in [0.1, 0.15) is 0 Å². The van der Waals surface area contributed by atoms with Crippen LogP contribution in [0.15, 0.2) is 200 Å². The minimum Gasteiger partial charge on any atom is -0.208 e. The molecule has 2 aromatic heterocycles. The van der Waals surface area contributed by atoms with Crippen LogP contribution in [0.3, 0.4) is 0 Å². The molecule has 0 unspecified atom stereocenters. The number of rotatable bonds is 5. The van der Waals surface area contributed by atoms with E-state index in [0.717, 1.165) is 32.7 Å². The van der Waals surface area contributed by atoms with E-state index in [2.05, 4.69) is 182 Å². The molecule has 0 aliphatic carbocycles. The average Bonchev–Trinajstić information content (AvgIpc) is 3.77. The highest BCUT2D eigenvalue weighted by molar-refractivity contribution is 7.22. The van der Waals surface area contributed by atoms with Crippen LogP contribution >= 0.6 is 11.3 Å². The molecule has 3 nitrogen and oxygen atoms in total. The number of fused-ring (bicyclic) bond motifs is 3. The van der Waals surface area contributed by atoms with Crippen molar-refractivity contribution in [2.24, 2.45) is 0 Å². The van der Waals surface area contributed by atoms with E-state index in [1.165, 1.54) is 80.3 Å². The van der Waals surface area contributed by atoms with Crippen molar-refractivity contribution in [3.8, 4) is 55.7 Å². The molecule has 4 heteroatoms. The Morgan fingerprint density at radius 2 is 0.803 bits per heavy atom. The van der Waals surface area contributed by atoms with Crippen molar-refractivity contribution in [3.05, 3.63) is 200 Å². The molecule has 11 aromatic carbocycles. The molecule has 13 rings (SSSR count). The lowest BCUT2D eigenvalue weighted by atomic mass is 9.86. The summed E-state index contributed by atoms with van der Waals surface area (Å²) in [4.78, 5) is 16.4. The molecular weight excluding hydrogens is 759 g/mol. The Balaban J connectivity index is 1.03. The van der Waals surface area contributed by atoms with Gasteiger partial charge in [0.25, 0.3) is 0 Å². The van der Waals surface area contributed by atoms with E-state index < -0.39 is 0 Å². The van der Waals surface area contributed by atoms with Gasteiger partial charge in [-0.25, -0.2) is 15.0 Å². The van der Waals surface area contributed by atoms with Crippen LogP contribution in [0, 0.1) is 0 Å². The van der Waals surface area contributed by atoms with Crippen LogP contribution in [-0.2, 0) is 0 Å². The zero-order valence-electron chi connectivity index (χ0n) is 32.8. The summed E-state index contributed by atoms with van der Waals surface area (Å²) in [6.07, 6.45) is 0. The van der Waals surface area contributed by atoms with E-state index in [0.29, 0.717) is 17.5 Å². The van der Waals surface area contributed by atoms with Gasteiger partial charge in [-0.3, -0.25) is 0 Å². The normalized spacial score (nSPS) is 11.9. The fraction of sp³-hybridized carbons (Fsp3) is 0. The van der Waals surface area contributed by atoms with E-state index in [1.54, 1.807) is 11.3 Å². The molecule has 0 saturated carbocycles. The van der Waals surface area contributed by atoms with Gasteiger partial charge >= 0.3 is 0 Å². The fourth-order valence-electron chi connectivity index (χ4n) is 9.66. The summed E-state index contributed by atoms with van der Waals surface area (Å²) >= 11 is 1.71. The maximum atomic E-state index is 5.20. The van der Waals surface area contributed by atoms with Gasteiger partial charge in [0.15, 0.2) is 17.5 Å². The lowest BCUT2D eigenvalue weighted by Crippen LogP contribution is -2.00. The number of aromatic nitrogens is 3. The lowest BCUT2D eigenvalue weighted by molar-refractivity contribution is 1.08. The molecule has 0 N–H and O–H groups in total. The highest BCUT2D eigenvalue weighted by atomic mass is 32.1. The van der Waals surface area contributed by atoms with Crippen LogP contribution in [0.25, 0.3) is 130 Å². The molecule has 0 atom stereocenters. The van der Waals surface area contributed by atoms with Gasteiger partial charge in [0.2, 0.25) is 0 Å². The topological polar surface area (TPSA) is 38.7 Å². The summed E-state index contributed by atoms with van der Waals surface area (Å²) in [5.74, 6) is 1.98. The Bertz CT molecular complexity index is 3850. The van der Waals surface area contributed by atoms with Crippen molar-refractivity contribution < 1.29 is 0 Å². The molecule has 0 radical (unpaired) electrons. The molecule has 0 bridgehead atoms. The second kappa shape index (κ2) is 13.4. The largest absolute Gasteiger partial charge is 0.208 e.